The molecule has 0 amide bonds. The summed E-state index contributed by atoms with van der Waals surface area (Å²) in [7, 11) is 0. The van der Waals surface area contributed by atoms with Gasteiger partial charge in [0, 0.05) is 6.42 Å². The molecule has 1 unspecified atom stereocenters. The summed E-state index contributed by atoms with van der Waals surface area (Å²) in [6.45, 7) is 2.22. The minimum Gasteiger partial charge on any atom is -0.385 e. The van der Waals surface area contributed by atoms with Crippen molar-refractivity contribution in [3.05, 3.63) is 48.6 Å². The lowest BCUT2D eigenvalue weighted by Gasteiger charge is -2.16. The summed E-state index contributed by atoms with van der Waals surface area (Å²) in [5.74, 6) is 0.0107. The molecule has 0 bridgehead atoms. The van der Waals surface area contributed by atoms with Crippen molar-refractivity contribution in [1.29, 1.82) is 0 Å². The largest absolute Gasteiger partial charge is 0.385 e. The van der Waals surface area contributed by atoms with Gasteiger partial charge < -0.3 is 5.11 Å². The maximum atomic E-state index is 11.1. The molecule has 0 radical (unpaired) electrons. The number of rotatable bonds is 10. The molecule has 0 aromatic heterocycles. The molecule has 1 rings (SSSR count). The van der Waals surface area contributed by atoms with Crippen molar-refractivity contribution in [2.45, 2.75) is 63.9 Å². The first-order chi connectivity index (χ1) is 10.2. The molecule has 0 aromatic rings. The molecule has 0 saturated heterocycles. The van der Waals surface area contributed by atoms with Crippen molar-refractivity contribution < 1.29 is 9.90 Å². The predicted molar refractivity (Wildman–Crippen MR) is 89.1 cm³/mol. The van der Waals surface area contributed by atoms with Crippen molar-refractivity contribution in [3.63, 3.8) is 0 Å². The molecular formula is C19H28O2. The van der Waals surface area contributed by atoms with Crippen LogP contribution in [0.3, 0.4) is 0 Å². The number of ketones is 1. The van der Waals surface area contributed by atoms with Gasteiger partial charge in [0.25, 0.3) is 0 Å². The van der Waals surface area contributed by atoms with Gasteiger partial charge in [-0.05, 0) is 44.3 Å². The molecule has 0 saturated carbocycles. The van der Waals surface area contributed by atoms with Gasteiger partial charge in [-0.1, -0.05) is 56.2 Å². The molecule has 1 aliphatic rings. The summed E-state index contributed by atoms with van der Waals surface area (Å²) in [5.41, 5.74) is -0.946. The van der Waals surface area contributed by atoms with E-state index in [0.717, 1.165) is 12.8 Å². The maximum Gasteiger partial charge on any atom is 0.158 e. The lowest BCUT2D eigenvalue weighted by atomic mass is 9.99. The fraction of sp³-hybridized carbons (Fsp3) is 0.526. The van der Waals surface area contributed by atoms with E-state index in [4.69, 9.17) is 0 Å². The van der Waals surface area contributed by atoms with Crippen LogP contribution in [-0.4, -0.2) is 16.5 Å². The van der Waals surface area contributed by atoms with Crippen LogP contribution >= 0.6 is 0 Å². The summed E-state index contributed by atoms with van der Waals surface area (Å²) >= 11 is 0. The van der Waals surface area contributed by atoms with Gasteiger partial charge in [-0.3, -0.25) is 4.79 Å². The smallest absolute Gasteiger partial charge is 0.158 e. The van der Waals surface area contributed by atoms with E-state index in [1.54, 1.807) is 6.08 Å². The van der Waals surface area contributed by atoms with Gasteiger partial charge in [-0.2, -0.15) is 0 Å². The van der Waals surface area contributed by atoms with E-state index >= 15 is 0 Å². The summed E-state index contributed by atoms with van der Waals surface area (Å²) in [4.78, 5) is 11.1. The zero-order valence-electron chi connectivity index (χ0n) is 13.1. The molecule has 1 atom stereocenters. The molecule has 0 heterocycles. The Kier molecular flexibility index (Phi) is 8.68. The van der Waals surface area contributed by atoms with Crippen LogP contribution in [-0.2, 0) is 4.79 Å². The molecule has 0 aliphatic heterocycles. The van der Waals surface area contributed by atoms with Crippen LogP contribution in [0.2, 0.25) is 0 Å². The van der Waals surface area contributed by atoms with Crippen LogP contribution < -0.4 is 0 Å². The Morgan fingerprint density at radius 3 is 2.38 bits per heavy atom. The number of hydrogen-bond acceptors (Lipinski definition) is 2. The van der Waals surface area contributed by atoms with E-state index in [1.165, 1.54) is 31.8 Å². The van der Waals surface area contributed by atoms with Gasteiger partial charge in [0.15, 0.2) is 5.78 Å². The highest BCUT2D eigenvalue weighted by Gasteiger charge is 2.29. The normalized spacial score (nSPS) is 22.5. The van der Waals surface area contributed by atoms with Gasteiger partial charge in [-0.25, -0.2) is 0 Å². The van der Waals surface area contributed by atoms with E-state index in [9.17, 15) is 9.90 Å². The van der Waals surface area contributed by atoms with Gasteiger partial charge in [-0.15, -0.1) is 0 Å². The Balaban J connectivity index is 2.05. The minimum absolute atomic E-state index is 0.0107. The third-order valence-corrected chi connectivity index (χ3v) is 3.55. The van der Waals surface area contributed by atoms with Gasteiger partial charge >= 0.3 is 0 Å². The third-order valence-electron chi connectivity index (χ3n) is 3.55. The fourth-order valence-corrected chi connectivity index (χ4v) is 2.27. The average Bonchev–Trinajstić information content (AvgIpc) is 2.80. The average molecular weight is 288 g/mol. The molecule has 0 fully saturated rings. The Labute approximate surface area is 128 Å². The van der Waals surface area contributed by atoms with Crippen LogP contribution in [0.25, 0.3) is 0 Å². The number of hydrogen-bond donors (Lipinski definition) is 1. The first kappa shape index (κ1) is 17.6. The molecule has 2 nitrogen and oxygen atoms in total. The molecular weight excluding hydrogens is 260 g/mol. The number of carbonyl (C=O) groups is 1. The first-order valence-corrected chi connectivity index (χ1v) is 8.06. The maximum absolute atomic E-state index is 11.1. The van der Waals surface area contributed by atoms with E-state index in [1.807, 2.05) is 12.2 Å². The molecule has 21 heavy (non-hydrogen) atoms. The van der Waals surface area contributed by atoms with Crippen LogP contribution in [0, 0.1) is 0 Å². The Bertz CT molecular complexity index is 415. The summed E-state index contributed by atoms with van der Waals surface area (Å²) in [6, 6.07) is 0. The second kappa shape index (κ2) is 10.3. The number of carbonyl (C=O) groups excluding carboxylic acids is 1. The minimum atomic E-state index is -0.946. The van der Waals surface area contributed by atoms with Crippen LogP contribution in [0.1, 0.15) is 58.3 Å². The van der Waals surface area contributed by atoms with E-state index in [0.29, 0.717) is 6.42 Å². The van der Waals surface area contributed by atoms with E-state index < -0.39 is 5.60 Å². The van der Waals surface area contributed by atoms with Gasteiger partial charge in [0.05, 0.1) is 5.60 Å². The number of aliphatic hydroxyl groups is 1. The second-order valence-electron chi connectivity index (χ2n) is 5.67. The standard InChI is InChI=1S/C19H28O2/c1-2-3-4-5-6-7-8-9-10-11-12-13-15-19(21)16-14-18(20)17-19/h6-7,9-10,12-14,16,21H,2-5,8,11,15,17H2,1H3. The lowest BCUT2D eigenvalue weighted by molar-refractivity contribution is -0.116. The second-order valence-corrected chi connectivity index (χ2v) is 5.67. The van der Waals surface area contributed by atoms with Crippen LogP contribution in [0.15, 0.2) is 48.6 Å². The number of unbranched alkanes of at least 4 members (excludes halogenated alkanes) is 3. The van der Waals surface area contributed by atoms with Crippen molar-refractivity contribution in [2.24, 2.45) is 0 Å². The molecule has 116 valence electrons. The zero-order chi connectivity index (χ0) is 15.4. The van der Waals surface area contributed by atoms with E-state index in [-0.39, 0.29) is 12.2 Å². The highest BCUT2D eigenvalue weighted by Crippen LogP contribution is 2.24. The Hall–Kier alpha value is -1.41. The summed E-state index contributed by atoms with van der Waals surface area (Å²) < 4.78 is 0. The Morgan fingerprint density at radius 2 is 1.76 bits per heavy atom. The van der Waals surface area contributed by atoms with Crippen molar-refractivity contribution in [2.75, 3.05) is 0 Å². The monoisotopic (exact) mass is 288 g/mol. The lowest BCUT2D eigenvalue weighted by Crippen LogP contribution is -2.23. The van der Waals surface area contributed by atoms with Crippen molar-refractivity contribution in [3.8, 4) is 0 Å². The first-order valence-electron chi connectivity index (χ1n) is 8.06. The highest BCUT2D eigenvalue weighted by molar-refractivity contribution is 5.93. The van der Waals surface area contributed by atoms with Crippen molar-refractivity contribution in [1.82, 2.24) is 0 Å². The zero-order valence-corrected chi connectivity index (χ0v) is 13.1. The molecule has 0 spiro atoms. The predicted octanol–water partition coefficient (Wildman–Crippen LogP) is 4.67. The van der Waals surface area contributed by atoms with E-state index in [2.05, 4.69) is 31.2 Å². The highest BCUT2D eigenvalue weighted by atomic mass is 16.3. The molecule has 0 aromatic carbocycles. The van der Waals surface area contributed by atoms with Gasteiger partial charge in [0.1, 0.15) is 0 Å². The summed E-state index contributed by atoms with van der Waals surface area (Å²) in [5, 5.41) is 10.0. The quantitative estimate of drug-likeness (QED) is 0.468. The van der Waals surface area contributed by atoms with Crippen LogP contribution in [0.5, 0.6) is 0 Å². The number of allylic oxidation sites excluding steroid dienone is 6. The van der Waals surface area contributed by atoms with Crippen LogP contribution in [0.4, 0.5) is 0 Å². The summed E-state index contributed by atoms with van der Waals surface area (Å²) in [6.07, 6.45) is 23.5. The molecule has 2 heteroatoms. The van der Waals surface area contributed by atoms with Crippen molar-refractivity contribution >= 4 is 5.78 Å². The fourth-order valence-electron chi connectivity index (χ4n) is 2.27. The molecule has 1 N–H and O–H groups in total. The third kappa shape index (κ3) is 8.46. The van der Waals surface area contributed by atoms with Gasteiger partial charge in [0.2, 0.25) is 0 Å². The molecule has 1 aliphatic carbocycles. The Morgan fingerprint density at radius 1 is 1.10 bits per heavy atom. The SMILES string of the molecule is CCCCCC=CCC=CCC=CCC1(O)C=CC(=O)C1. The topological polar surface area (TPSA) is 37.3 Å².